The van der Waals surface area contributed by atoms with Gasteiger partial charge in [0.25, 0.3) is 0 Å². The minimum Gasteiger partial charge on any atom is -0.492 e. The molecule has 180 valence electrons. The third-order valence-corrected chi connectivity index (χ3v) is 6.36. The Bertz CT molecular complexity index is 976. The first-order valence-corrected chi connectivity index (χ1v) is 12.2. The first kappa shape index (κ1) is 26.1. The molecule has 0 heterocycles. The summed E-state index contributed by atoms with van der Waals surface area (Å²) in [5, 5.41) is 1.48. The van der Waals surface area contributed by atoms with E-state index in [2.05, 4.69) is 40.9 Å². The number of carbonyl (C=O) groups is 1. The van der Waals surface area contributed by atoms with E-state index < -0.39 is 0 Å². The van der Waals surface area contributed by atoms with Gasteiger partial charge in [0.2, 0.25) is 0 Å². The summed E-state index contributed by atoms with van der Waals surface area (Å²) in [7, 11) is 3.52. The van der Waals surface area contributed by atoms with Crippen LogP contribution < -0.4 is 4.74 Å². The molecule has 0 bridgehead atoms. The van der Waals surface area contributed by atoms with Gasteiger partial charge in [0, 0.05) is 28.9 Å². The molecule has 0 N–H and O–H groups in total. The first-order chi connectivity index (χ1) is 16.4. The van der Waals surface area contributed by atoms with Crippen LogP contribution in [0, 0.1) is 0 Å². The Morgan fingerprint density at radius 1 is 0.853 bits per heavy atom. The highest BCUT2D eigenvalue weighted by Gasteiger charge is 2.15. The minimum atomic E-state index is -0.197. The maximum Gasteiger partial charge on any atom is 0.305 e. The molecule has 0 unspecified atom stereocenters. The van der Waals surface area contributed by atoms with E-state index in [4.69, 9.17) is 27.9 Å². The molecule has 3 aromatic rings. The smallest absolute Gasteiger partial charge is 0.305 e. The van der Waals surface area contributed by atoms with Crippen LogP contribution in [-0.2, 0) is 16.0 Å². The molecular formula is C28H31Cl2NO3. The highest BCUT2D eigenvalue weighted by molar-refractivity contribution is 6.30. The summed E-state index contributed by atoms with van der Waals surface area (Å²) >= 11 is 12.2. The lowest BCUT2D eigenvalue weighted by Gasteiger charge is -2.23. The van der Waals surface area contributed by atoms with E-state index in [1.54, 1.807) is 0 Å². The van der Waals surface area contributed by atoms with Crippen molar-refractivity contribution < 1.29 is 14.3 Å². The molecule has 0 aliphatic carbocycles. The number of esters is 1. The Hall–Kier alpha value is -2.53. The van der Waals surface area contributed by atoms with Crippen LogP contribution in [-0.4, -0.2) is 44.7 Å². The Labute approximate surface area is 212 Å². The highest BCUT2D eigenvalue weighted by atomic mass is 35.5. The number of aryl methyl sites for hydroxylation is 1. The van der Waals surface area contributed by atoms with Gasteiger partial charge in [0.1, 0.15) is 12.4 Å². The SMILES string of the molecule is COC(=O)CCc1ccc(OCCN(C)CCC(c2ccc(Cl)cc2)c2ccc(Cl)cc2)cc1. The van der Waals surface area contributed by atoms with Crippen molar-refractivity contribution in [3.05, 3.63) is 99.5 Å². The molecule has 3 rings (SSSR count). The molecule has 6 heteroatoms. The van der Waals surface area contributed by atoms with Gasteiger partial charge in [-0.25, -0.2) is 0 Å². The van der Waals surface area contributed by atoms with Gasteiger partial charge >= 0.3 is 5.97 Å². The maximum atomic E-state index is 11.3. The molecule has 4 nitrogen and oxygen atoms in total. The van der Waals surface area contributed by atoms with Crippen molar-refractivity contribution in [2.45, 2.75) is 25.2 Å². The Balaban J connectivity index is 1.49. The first-order valence-electron chi connectivity index (χ1n) is 11.4. The minimum absolute atomic E-state index is 0.197. The van der Waals surface area contributed by atoms with Crippen LogP contribution in [0.1, 0.15) is 35.4 Å². The Kier molecular flexibility index (Phi) is 10.3. The fraction of sp³-hybridized carbons (Fsp3) is 0.321. The number of nitrogens with zero attached hydrogens (tertiary/aromatic N) is 1. The number of hydrogen-bond donors (Lipinski definition) is 0. The molecule has 0 saturated carbocycles. The summed E-state index contributed by atoms with van der Waals surface area (Å²) in [5.74, 6) is 0.892. The third-order valence-electron chi connectivity index (χ3n) is 5.85. The maximum absolute atomic E-state index is 11.3. The Morgan fingerprint density at radius 3 is 1.94 bits per heavy atom. The van der Waals surface area contributed by atoms with Gasteiger partial charge in [-0.15, -0.1) is 0 Å². The van der Waals surface area contributed by atoms with Crippen molar-refractivity contribution in [2.75, 3.05) is 33.9 Å². The number of rotatable bonds is 12. The van der Waals surface area contributed by atoms with Crippen LogP contribution >= 0.6 is 23.2 Å². The van der Waals surface area contributed by atoms with Crippen LogP contribution in [0.2, 0.25) is 10.0 Å². The summed E-state index contributed by atoms with van der Waals surface area (Å²) in [6.45, 7) is 2.34. The number of methoxy groups -OCH3 is 1. The van der Waals surface area contributed by atoms with Gasteiger partial charge in [-0.3, -0.25) is 4.79 Å². The lowest BCUT2D eigenvalue weighted by Crippen LogP contribution is -2.26. The molecule has 34 heavy (non-hydrogen) atoms. The standard InChI is InChI=1S/C28H31Cl2NO3/c1-31(19-20-34-26-14-3-21(4-15-26)5-16-28(32)33-2)18-17-27(22-6-10-24(29)11-7-22)23-8-12-25(30)13-9-23/h3-4,6-15,27H,5,16-20H2,1-2H3. The van der Waals surface area contributed by atoms with Gasteiger partial charge in [-0.1, -0.05) is 59.6 Å². The second kappa shape index (κ2) is 13.4. The third kappa shape index (κ3) is 8.35. The molecule has 3 aromatic carbocycles. The topological polar surface area (TPSA) is 38.8 Å². The number of carbonyl (C=O) groups excluding carboxylic acids is 1. The van der Waals surface area contributed by atoms with Crippen molar-refractivity contribution in [2.24, 2.45) is 0 Å². The predicted octanol–water partition coefficient (Wildman–Crippen LogP) is 6.63. The van der Waals surface area contributed by atoms with Crippen LogP contribution in [0.4, 0.5) is 0 Å². The van der Waals surface area contributed by atoms with E-state index in [1.807, 2.05) is 48.5 Å². The summed E-state index contributed by atoms with van der Waals surface area (Å²) in [4.78, 5) is 13.6. The fourth-order valence-corrected chi connectivity index (χ4v) is 4.05. The van der Waals surface area contributed by atoms with Crippen molar-refractivity contribution in [3.63, 3.8) is 0 Å². The van der Waals surface area contributed by atoms with E-state index in [0.29, 0.717) is 19.4 Å². The molecule has 0 amide bonds. The molecule has 0 fully saturated rings. The largest absolute Gasteiger partial charge is 0.492 e. The average Bonchev–Trinajstić information content (AvgIpc) is 2.85. The lowest BCUT2D eigenvalue weighted by atomic mass is 9.88. The van der Waals surface area contributed by atoms with Crippen LogP contribution in [0.3, 0.4) is 0 Å². The summed E-state index contributed by atoms with van der Waals surface area (Å²) < 4.78 is 10.6. The molecule has 0 aromatic heterocycles. The Morgan fingerprint density at radius 2 is 1.41 bits per heavy atom. The number of likely N-dealkylation sites (N-methyl/N-ethyl adjacent to an activating group) is 1. The molecule has 0 aliphatic rings. The van der Waals surface area contributed by atoms with Crippen LogP contribution in [0.15, 0.2) is 72.8 Å². The van der Waals surface area contributed by atoms with Crippen LogP contribution in [0.25, 0.3) is 0 Å². The van der Waals surface area contributed by atoms with E-state index >= 15 is 0 Å². The van der Waals surface area contributed by atoms with Crippen molar-refractivity contribution in [1.82, 2.24) is 4.90 Å². The van der Waals surface area contributed by atoms with Crippen LogP contribution in [0.5, 0.6) is 5.75 Å². The lowest BCUT2D eigenvalue weighted by molar-refractivity contribution is -0.140. The number of ether oxygens (including phenoxy) is 2. The number of hydrogen-bond acceptors (Lipinski definition) is 4. The molecule has 0 atom stereocenters. The van der Waals surface area contributed by atoms with Gasteiger partial charge in [0.05, 0.1) is 7.11 Å². The van der Waals surface area contributed by atoms with E-state index in [9.17, 15) is 4.79 Å². The fourth-order valence-electron chi connectivity index (χ4n) is 3.80. The summed E-state index contributed by atoms with van der Waals surface area (Å²) in [5.41, 5.74) is 3.57. The molecule has 0 saturated heterocycles. The molecule has 0 spiro atoms. The second-order valence-corrected chi connectivity index (χ2v) is 9.19. The molecule has 0 radical (unpaired) electrons. The van der Waals surface area contributed by atoms with Crippen molar-refractivity contribution in [1.29, 1.82) is 0 Å². The number of halogens is 2. The van der Waals surface area contributed by atoms with Gasteiger partial charge in [-0.05, 0) is 79.5 Å². The normalized spacial score (nSPS) is 11.1. The van der Waals surface area contributed by atoms with E-state index in [-0.39, 0.29) is 11.9 Å². The average molecular weight is 500 g/mol. The second-order valence-electron chi connectivity index (χ2n) is 8.32. The predicted molar refractivity (Wildman–Crippen MR) is 139 cm³/mol. The molecular weight excluding hydrogens is 469 g/mol. The zero-order chi connectivity index (χ0) is 24.3. The van der Waals surface area contributed by atoms with Crippen molar-refractivity contribution >= 4 is 29.2 Å². The zero-order valence-electron chi connectivity index (χ0n) is 19.7. The van der Waals surface area contributed by atoms with Gasteiger partial charge in [0.15, 0.2) is 0 Å². The summed E-state index contributed by atoms with van der Waals surface area (Å²) in [6.07, 6.45) is 2.02. The zero-order valence-corrected chi connectivity index (χ0v) is 21.2. The summed E-state index contributed by atoms with van der Waals surface area (Å²) in [6, 6.07) is 24.0. The highest BCUT2D eigenvalue weighted by Crippen LogP contribution is 2.30. The quantitative estimate of drug-likeness (QED) is 0.262. The number of benzene rings is 3. The van der Waals surface area contributed by atoms with Gasteiger partial charge < -0.3 is 14.4 Å². The van der Waals surface area contributed by atoms with E-state index in [1.165, 1.54) is 18.2 Å². The van der Waals surface area contributed by atoms with Crippen molar-refractivity contribution in [3.8, 4) is 5.75 Å². The monoisotopic (exact) mass is 499 g/mol. The van der Waals surface area contributed by atoms with E-state index in [0.717, 1.165) is 40.9 Å². The molecule has 0 aliphatic heterocycles. The van der Waals surface area contributed by atoms with Gasteiger partial charge in [-0.2, -0.15) is 0 Å².